The quantitative estimate of drug-likeness (QED) is 0.583. The van der Waals surface area contributed by atoms with Crippen molar-refractivity contribution in [3.63, 3.8) is 0 Å². The van der Waals surface area contributed by atoms with Crippen molar-refractivity contribution in [2.45, 2.75) is 10.6 Å². The predicted octanol–water partition coefficient (Wildman–Crippen LogP) is 4.89. The first-order valence-electron chi connectivity index (χ1n) is 8.40. The van der Waals surface area contributed by atoms with E-state index < -0.39 is 6.09 Å². The Balaban J connectivity index is 1.68. The lowest BCUT2D eigenvalue weighted by molar-refractivity contribution is 0.102. The first kappa shape index (κ1) is 19.9. The Kier molecular flexibility index (Phi) is 6.67. The highest BCUT2D eigenvalue weighted by molar-refractivity contribution is 7.98. The van der Waals surface area contributed by atoms with Gasteiger partial charge in [-0.2, -0.15) is 0 Å². The van der Waals surface area contributed by atoms with Gasteiger partial charge in [-0.25, -0.2) is 9.78 Å². The minimum absolute atomic E-state index is 0.185. The highest BCUT2D eigenvalue weighted by atomic mass is 32.2. The molecule has 0 radical (unpaired) electrons. The van der Waals surface area contributed by atoms with Crippen molar-refractivity contribution >= 4 is 46.5 Å². The molecule has 3 aromatic rings. The van der Waals surface area contributed by atoms with E-state index in [0.717, 1.165) is 10.6 Å². The SMILES string of the molecule is COC(=O)N(C)c1ccc(NC(=O)c2ccccc2SCc2cscn2)cc1. The summed E-state index contributed by atoms with van der Waals surface area (Å²) in [6.45, 7) is 0. The number of rotatable bonds is 6. The number of carbonyl (C=O) groups is 2. The molecule has 0 saturated heterocycles. The normalized spacial score (nSPS) is 10.4. The number of methoxy groups -OCH3 is 1. The monoisotopic (exact) mass is 413 g/mol. The fourth-order valence-corrected chi connectivity index (χ4v) is 4.07. The van der Waals surface area contributed by atoms with Gasteiger partial charge in [-0.15, -0.1) is 23.1 Å². The van der Waals surface area contributed by atoms with E-state index in [-0.39, 0.29) is 5.91 Å². The van der Waals surface area contributed by atoms with Gasteiger partial charge in [0.1, 0.15) is 0 Å². The van der Waals surface area contributed by atoms with Crippen LogP contribution in [0.25, 0.3) is 0 Å². The molecule has 1 aromatic heterocycles. The molecule has 28 heavy (non-hydrogen) atoms. The van der Waals surface area contributed by atoms with Crippen LogP contribution in [-0.2, 0) is 10.5 Å². The second-order valence-electron chi connectivity index (χ2n) is 5.79. The molecule has 6 nitrogen and oxygen atoms in total. The van der Waals surface area contributed by atoms with Gasteiger partial charge in [-0.05, 0) is 36.4 Å². The van der Waals surface area contributed by atoms with E-state index in [1.807, 2.05) is 23.6 Å². The molecule has 3 rings (SSSR count). The lowest BCUT2D eigenvalue weighted by Crippen LogP contribution is -2.25. The smallest absolute Gasteiger partial charge is 0.413 e. The zero-order chi connectivity index (χ0) is 19.9. The van der Waals surface area contributed by atoms with Crippen LogP contribution in [0.15, 0.2) is 64.3 Å². The van der Waals surface area contributed by atoms with Crippen molar-refractivity contribution in [3.8, 4) is 0 Å². The van der Waals surface area contributed by atoms with Gasteiger partial charge in [0, 0.05) is 34.5 Å². The van der Waals surface area contributed by atoms with E-state index in [9.17, 15) is 9.59 Å². The van der Waals surface area contributed by atoms with Crippen LogP contribution >= 0.6 is 23.1 Å². The maximum atomic E-state index is 12.7. The van der Waals surface area contributed by atoms with E-state index in [1.54, 1.807) is 66.0 Å². The molecule has 0 atom stereocenters. The number of nitrogens with one attached hydrogen (secondary N) is 1. The maximum absolute atomic E-state index is 12.7. The molecule has 0 bridgehead atoms. The lowest BCUT2D eigenvalue weighted by atomic mass is 10.2. The van der Waals surface area contributed by atoms with Crippen LogP contribution < -0.4 is 10.2 Å². The third-order valence-electron chi connectivity index (χ3n) is 3.95. The highest BCUT2D eigenvalue weighted by Gasteiger charge is 2.14. The van der Waals surface area contributed by atoms with Crippen molar-refractivity contribution in [3.05, 3.63) is 70.7 Å². The lowest BCUT2D eigenvalue weighted by Gasteiger charge is -2.16. The van der Waals surface area contributed by atoms with Gasteiger partial charge in [-0.3, -0.25) is 9.69 Å². The number of anilines is 2. The standard InChI is InChI=1S/C20H19N3O3S2/c1-23(20(25)26-2)16-9-7-14(8-10-16)22-19(24)17-5-3-4-6-18(17)28-12-15-11-27-13-21-15/h3-11,13H,12H2,1-2H3,(H,22,24). The molecule has 1 heterocycles. The molecule has 0 spiro atoms. The number of ether oxygens (including phenoxy) is 1. The maximum Gasteiger partial charge on any atom is 0.413 e. The van der Waals surface area contributed by atoms with Crippen LogP contribution in [0.4, 0.5) is 16.2 Å². The Hall–Kier alpha value is -2.84. The van der Waals surface area contributed by atoms with E-state index in [2.05, 4.69) is 10.3 Å². The Morgan fingerprint density at radius 2 is 1.93 bits per heavy atom. The van der Waals surface area contributed by atoms with Crippen LogP contribution in [0.1, 0.15) is 16.1 Å². The average molecular weight is 414 g/mol. The molecule has 0 saturated carbocycles. The fourth-order valence-electron chi connectivity index (χ4n) is 2.45. The third kappa shape index (κ3) is 4.90. The number of aromatic nitrogens is 1. The average Bonchev–Trinajstić information content (AvgIpc) is 3.25. The van der Waals surface area contributed by atoms with Crippen LogP contribution in [0, 0.1) is 0 Å². The Morgan fingerprint density at radius 3 is 2.61 bits per heavy atom. The Morgan fingerprint density at radius 1 is 1.18 bits per heavy atom. The number of hydrogen-bond donors (Lipinski definition) is 1. The Bertz CT molecular complexity index is 944. The summed E-state index contributed by atoms with van der Waals surface area (Å²) in [4.78, 5) is 30.9. The number of hydrogen-bond acceptors (Lipinski definition) is 6. The van der Waals surface area contributed by atoms with Crippen molar-refractivity contribution in [2.75, 3.05) is 24.4 Å². The molecule has 2 amide bonds. The van der Waals surface area contributed by atoms with E-state index >= 15 is 0 Å². The highest BCUT2D eigenvalue weighted by Crippen LogP contribution is 2.27. The minimum atomic E-state index is -0.456. The first-order valence-corrected chi connectivity index (χ1v) is 10.3. The van der Waals surface area contributed by atoms with Gasteiger partial charge in [0.15, 0.2) is 0 Å². The summed E-state index contributed by atoms with van der Waals surface area (Å²) in [5, 5.41) is 4.90. The second-order valence-corrected chi connectivity index (χ2v) is 7.53. The van der Waals surface area contributed by atoms with Gasteiger partial charge < -0.3 is 10.1 Å². The van der Waals surface area contributed by atoms with E-state index in [0.29, 0.717) is 22.7 Å². The number of carbonyl (C=O) groups excluding carboxylic acids is 2. The first-order chi connectivity index (χ1) is 13.6. The largest absolute Gasteiger partial charge is 0.452 e. The third-order valence-corrected chi connectivity index (χ3v) is 5.69. The van der Waals surface area contributed by atoms with Gasteiger partial charge in [-0.1, -0.05) is 12.1 Å². The van der Waals surface area contributed by atoms with Crippen molar-refractivity contribution in [1.29, 1.82) is 0 Å². The van der Waals surface area contributed by atoms with Gasteiger partial charge in [0.05, 0.1) is 23.9 Å². The van der Waals surface area contributed by atoms with Crippen molar-refractivity contribution < 1.29 is 14.3 Å². The van der Waals surface area contributed by atoms with Crippen LogP contribution in [0.3, 0.4) is 0 Å². The molecule has 0 aliphatic heterocycles. The summed E-state index contributed by atoms with van der Waals surface area (Å²) in [6.07, 6.45) is -0.456. The number of thioether (sulfide) groups is 1. The molecule has 0 aliphatic rings. The van der Waals surface area contributed by atoms with E-state index in [1.165, 1.54) is 12.0 Å². The molecule has 144 valence electrons. The fraction of sp³-hybridized carbons (Fsp3) is 0.150. The summed E-state index contributed by atoms with van der Waals surface area (Å²) in [5.41, 5.74) is 4.72. The van der Waals surface area contributed by atoms with Crippen LogP contribution in [-0.4, -0.2) is 31.1 Å². The molecule has 0 unspecified atom stereocenters. The van der Waals surface area contributed by atoms with Gasteiger partial charge in [0.25, 0.3) is 5.91 Å². The van der Waals surface area contributed by atoms with E-state index in [4.69, 9.17) is 4.74 Å². The number of thiazole rings is 1. The van der Waals surface area contributed by atoms with Crippen molar-refractivity contribution in [1.82, 2.24) is 4.98 Å². The summed E-state index contributed by atoms with van der Waals surface area (Å²) in [5.74, 6) is 0.526. The van der Waals surface area contributed by atoms with Crippen LogP contribution in [0.5, 0.6) is 0 Å². The van der Waals surface area contributed by atoms with Crippen molar-refractivity contribution in [2.24, 2.45) is 0 Å². The molecule has 1 N–H and O–H groups in total. The number of amides is 2. The molecule has 0 fully saturated rings. The molecular formula is C20H19N3O3S2. The van der Waals surface area contributed by atoms with Crippen LogP contribution in [0.2, 0.25) is 0 Å². The Labute approximate surface area is 171 Å². The number of benzene rings is 2. The zero-order valence-corrected chi connectivity index (χ0v) is 17.0. The molecule has 2 aromatic carbocycles. The second kappa shape index (κ2) is 9.38. The van der Waals surface area contributed by atoms with Gasteiger partial charge in [0.2, 0.25) is 0 Å². The molecular weight excluding hydrogens is 394 g/mol. The summed E-state index contributed by atoms with van der Waals surface area (Å²) in [7, 11) is 2.95. The zero-order valence-electron chi connectivity index (χ0n) is 15.4. The molecule has 0 aliphatic carbocycles. The number of nitrogens with zero attached hydrogens (tertiary/aromatic N) is 2. The predicted molar refractivity (Wildman–Crippen MR) is 113 cm³/mol. The summed E-state index contributed by atoms with van der Waals surface area (Å²) >= 11 is 3.14. The summed E-state index contributed by atoms with van der Waals surface area (Å²) < 4.78 is 4.69. The minimum Gasteiger partial charge on any atom is -0.452 e. The topological polar surface area (TPSA) is 71.5 Å². The molecule has 8 heteroatoms. The van der Waals surface area contributed by atoms with Gasteiger partial charge >= 0.3 is 6.09 Å². The summed E-state index contributed by atoms with van der Waals surface area (Å²) in [6, 6.07) is 14.5.